The average molecular weight is 532 g/mol. The summed E-state index contributed by atoms with van der Waals surface area (Å²) >= 11 is 0. The summed E-state index contributed by atoms with van der Waals surface area (Å²) in [5.41, 5.74) is -2.20. The highest BCUT2D eigenvalue weighted by atomic mass is 32.2. The molecule has 0 unspecified atom stereocenters. The summed E-state index contributed by atoms with van der Waals surface area (Å²) in [5.74, 6) is 0. The number of halogens is 5. The van der Waals surface area contributed by atoms with Crippen LogP contribution in [-0.2, 0) is 22.7 Å². The molecule has 196 valence electrons. The minimum atomic E-state index is -4.83. The second kappa shape index (κ2) is 8.98. The lowest BCUT2D eigenvalue weighted by atomic mass is 9.96. The van der Waals surface area contributed by atoms with Crippen LogP contribution in [0.2, 0.25) is 0 Å². The SMILES string of the molecule is CC(C)(C)Cn1cc([C@H](NS(=O)(=O)C2CC2)C(F)F)c2ccc(-c3ccc(=O)[nH]c3C(F)(F)F)cc21. The van der Waals surface area contributed by atoms with Gasteiger partial charge in [0.15, 0.2) is 0 Å². The molecule has 0 saturated heterocycles. The molecule has 0 aliphatic heterocycles. The van der Waals surface area contributed by atoms with Gasteiger partial charge in [0.05, 0.1) is 5.25 Å². The average Bonchev–Trinajstić information content (AvgIpc) is 3.55. The van der Waals surface area contributed by atoms with Crippen molar-refractivity contribution in [3.63, 3.8) is 0 Å². The lowest BCUT2D eigenvalue weighted by Crippen LogP contribution is -2.35. The first-order chi connectivity index (χ1) is 16.6. The highest BCUT2D eigenvalue weighted by molar-refractivity contribution is 7.90. The molecule has 3 aromatic rings. The molecule has 4 rings (SSSR count). The Balaban J connectivity index is 1.90. The molecule has 0 radical (unpaired) electrons. The number of sulfonamides is 1. The highest BCUT2D eigenvalue weighted by Crippen LogP contribution is 2.39. The van der Waals surface area contributed by atoms with Crippen molar-refractivity contribution in [3.8, 4) is 11.1 Å². The Kier molecular flexibility index (Phi) is 6.57. The van der Waals surface area contributed by atoms with E-state index in [4.69, 9.17) is 0 Å². The molecule has 1 aromatic carbocycles. The predicted octanol–water partition coefficient (Wildman–Crippen LogP) is 5.45. The van der Waals surface area contributed by atoms with E-state index in [2.05, 4.69) is 4.72 Å². The topological polar surface area (TPSA) is 84.0 Å². The molecule has 1 aliphatic carbocycles. The molecule has 2 N–H and O–H groups in total. The number of pyridine rings is 1. The van der Waals surface area contributed by atoms with Gasteiger partial charge in [-0.3, -0.25) is 4.79 Å². The smallest absolute Gasteiger partial charge is 0.347 e. The molecule has 0 spiro atoms. The number of H-pyrrole nitrogens is 1. The van der Waals surface area contributed by atoms with Gasteiger partial charge in [-0.05, 0) is 36.0 Å². The van der Waals surface area contributed by atoms with Crippen molar-refractivity contribution in [2.45, 2.75) is 64.1 Å². The number of aromatic nitrogens is 2. The van der Waals surface area contributed by atoms with Crippen LogP contribution in [-0.4, -0.2) is 29.6 Å². The Bertz CT molecular complexity index is 1450. The van der Waals surface area contributed by atoms with E-state index in [0.29, 0.717) is 30.3 Å². The van der Waals surface area contributed by atoms with Gasteiger partial charge in [-0.1, -0.05) is 32.9 Å². The van der Waals surface area contributed by atoms with Crippen molar-refractivity contribution < 1.29 is 30.4 Å². The van der Waals surface area contributed by atoms with E-state index < -0.39 is 45.2 Å². The first-order valence-electron chi connectivity index (χ1n) is 11.3. The van der Waals surface area contributed by atoms with E-state index in [1.54, 1.807) is 4.57 Å². The van der Waals surface area contributed by atoms with Gasteiger partial charge in [0.1, 0.15) is 11.7 Å². The lowest BCUT2D eigenvalue weighted by Gasteiger charge is -2.20. The van der Waals surface area contributed by atoms with Crippen molar-refractivity contribution in [2.75, 3.05) is 0 Å². The summed E-state index contributed by atoms with van der Waals surface area (Å²) < 4.78 is 97.9. The summed E-state index contributed by atoms with van der Waals surface area (Å²) in [5, 5.41) is -0.404. The summed E-state index contributed by atoms with van der Waals surface area (Å²) in [4.78, 5) is 13.4. The zero-order valence-corrected chi connectivity index (χ0v) is 20.6. The van der Waals surface area contributed by atoms with Crippen LogP contribution < -0.4 is 10.3 Å². The molecule has 1 atom stereocenters. The molecule has 1 fully saturated rings. The van der Waals surface area contributed by atoms with E-state index in [-0.39, 0.29) is 22.1 Å². The van der Waals surface area contributed by atoms with Gasteiger partial charge < -0.3 is 9.55 Å². The molecule has 6 nitrogen and oxygen atoms in total. The largest absolute Gasteiger partial charge is 0.431 e. The standard InChI is InChI=1S/C24H26F5N3O3S/c1-23(2,3)12-32-11-17(20(22(25)26)31-36(34,35)14-5-6-14)16-7-4-13(10-18(16)32)15-8-9-19(33)30-21(15)24(27,28)29/h4,7-11,14,20,22,31H,5-6,12H2,1-3H3,(H,30,33)/t20-/m0/s1. The van der Waals surface area contributed by atoms with Gasteiger partial charge in [0.25, 0.3) is 6.43 Å². The molecule has 12 heteroatoms. The number of fused-ring (bicyclic) bond motifs is 1. The van der Waals surface area contributed by atoms with Crippen molar-refractivity contribution in [1.29, 1.82) is 0 Å². The van der Waals surface area contributed by atoms with E-state index in [9.17, 15) is 35.2 Å². The number of alkyl halides is 5. The Hall–Kier alpha value is -2.73. The third-order valence-electron chi connectivity index (χ3n) is 5.91. The molecule has 36 heavy (non-hydrogen) atoms. The van der Waals surface area contributed by atoms with Crippen LogP contribution in [0.5, 0.6) is 0 Å². The summed E-state index contributed by atoms with van der Waals surface area (Å²) in [6, 6.07) is 4.41. The quantitative estimate of drug-likeness (QED) is 0.398. The van der Waals surface area contributed by atoms with Crippen molar-refractivity contribution >= 4 is 20.9 Å². The van der Waals surface area contributed by atoms with E-state index in [1.165, 1.54) is 24.4 Å². The number of nitrogens with zero attached hydrogens (tertiary/aromatic N) is 1. The number of aromatic amines is 1. The summed E-state index contributed by atoms with van der Waals surface area (Å²) in [7, 11) is -3.95. The number of hydrogen-bond donors (Lipinski definition) is 2. The van der Waals surface area contributed by atoms with E-state index in [0.717, 1.165) is 12.1 Å². The monoisotopic (exact) mass is 531 g/mol. The fourth-order valence-electron chi connectivity index (χ4n) is 4.22. The fourth-order valence-corrected chi connectivity index (χ4v) is 5.75. The molecule has 1 aliphatic rings. The molecule has 2 heterocycles. The van der Waals surface area contributed by atoms with Crippen LogP contribution in [0, 0.1) is 5.41 Å². The minimum absolute atomic E-state index is 0.0394. The third kappa shape index (κ3) is 5.49. The van der Waals surface area contributed by atoms with Gasteiger partial charge >= 0.3 is 6.18 Å². The van der Waals surface area contributed by atoms with Gasteiger partial charge in [0.2, 0.25) is 15.6 Å². The second-order valence-electron chi connectivity index (χ2n) is 10.3. The van der Waals surface area contributed by atoms with Crippen LogP contribution in [0.15, 0.2) is 41.3 Å². The van der Waals surface area contributed by atoms with Crippen LogP contribution in [0.1, 0.15) is 50.9 Å². The highest BCUT2D eigenvalue weighted by Gasteiger charge is 2.40. The zero-order chi connectivity index (χ0) is 26.6. The Morgan fingerprint density at radius 2 is 1.78 bits per heavy atom. The molecular weight excluding hydrogens is 505 g/mol. The third-order valence-corrected chi connectivity index (χ3v) is 7.84. The van der Waals surface area contributed by atoms with Crippen LogP contribution in [0.25, 0.3) is 22.0 Å². The van der Waals surface area contributed by atoms with Crippen LogP contribution in [0.4, 0.5) is 22.0 Å². The number of rotatable bonds is 7. The Morgan fingerprint density at radius 3 is 2.33 bits per heavy atom. The Labute approximate surface area is 204 Å². The lowest BCUT2D eigenvalue weighted by molar-refractivity contribution is -0.140. The van der Waals surface area contributed by atoms with Crippen molar-refractivity contribution in [1.82, 2.24) is 14.3 Å². The predicted molar refractivity (Wildman–Crippen MR) is 126 cm³/mol. The first kappa shape index (κ1) is 26.3. The molecule has 0 amide bonds. The number of benzene rings is 1. The maximum absolute atomic E-state index is 14.1. The molecule has 1 saturated carbocycles. The van der Waals surface area contributed by atoms with Crippen LogP contribution in [0.3, 0.4) is 0 Å². The maximum atomic E-state index is 14.1. The molecular formula is C24H26F5N3O3S. The number of hydrogen-bond acceptors (Lipinski definition) is 3. The fraction of sp³-hybridized carbons (Fsp3) is 0.458. The summed E-state index contributed by atoms with van der Waals surface area (Å²) in [6.45, 7) is 6.06. The minimum Gasteiger partial charge on any atom is -0.347 e. The Morgan fingerprint density at radius 1 is 1.11 bits per heavy atom. The van der Waals surface area contributed by atoms with E-state index >= 15 is 0 Å². The maximum Gasteiger partial charge on any atom is 0.431 e. The van der Waals surface area contributed by atoms with Crippen molar-refractivity contribution in [2.24, 2.45) is 5.41 Å². The summed E-state index contributed by atoms with van der Waals surface area (Å²) in [6.07, 6.45) is -5.64. The number of nitrogens with one attached hydrogen (secondary N) is 2. The molecule has 2 aromatic heterocycles. The normalized spacial score (nSPS) is 16.1. The van der Waals surface area contributed by atoms with Crippen molar-refractivity contribution in [3.05, 3.63) is 58.1 Å². The second-order valence-corrected chi connectivity index (χ2v) is 12.3. The van der Waals surface area contributed by atoms with Gasteiger partial charge in [0, 0.05) is 40.8 Å². The van der Waals surface area contributed by atoms with Crippen LogP contribution >= 0.6 is 0 Å². The first-order valence-corrected chi connectivity index (χ1v) is 12.8. The molecule has 0 bridgehead atoms. The van der Waals surface area contributed by atoms with Gasteiger partial charge in [-0.25, -0.2) is 21.9 Å². The van der Waals surface area contributed by atoms with Gasteiger partial charge in [-0.15, -0.1) is 0 Å². The van der Waals surface area contributed by atoms with Gasteiger partial charge in [-0.2, -0.15) is 13.2 Å². The van der Waals surface area contributed by atoms with E-state index in [1.807, 2.05) is 25.8 Å². The zero-order valence-electron chi connectivity index (χ0n) is 19.8.